The van der Waals surface area contributed by atoms with Gasteiger partial charge in [-0.1, -0.05) is 0 Å². The van der Waals surface area contributed by atoms with E-state index in [-0.39, 0.29) is 0 Å². The van der Waals surface area contributed by atoms with Gasteiger partial charge in [-0.25, -0.2) is 0 Å². The summed E-state index contributed by atoms with van der Waals surface area (Å²) in [7, 11) is 0. The molecule has 3 nitrogen and oxygen atoms in total. The predicted octanol–water partition coefficient (Wildman–Crippen LogP) is 1.30. The van der Waals surface area contributed by atoms with Gasteiger partial charge in [0.25, 0.3) is 0 Å². The average Bonchev–Trinajstić information content (AvgIpc) is 2.35. The van der Waals surface area contributed by atoms with Gasteiger partial charge < -0.3 is 14.2 Å². The molecule has 0 aromatic carbocycles. The van der Waals surface area contributed by atoms with Crippen molar-refractivity contribution in [1.29, 1.82) is 0 Å². The number of ether oxygens (including phenoxy) is 3. The van der Waals surface area contributed by atoms with Gasteiger partial charge in [-0.15, -0.1) is 0 Å². The molecule has 0 atom stereocenters. The summed E-state index contributed by atoms with van der Waals surface area (Å²) in [5.41, 5.74) is 0. The molecule has 0 unspecified atom stereocenters. The second kappa shape index (κ2) is 2.70. The summed E-state index contributed by atoms with van der Waals surface area (Å²) in [5, 5.41) is 0. The Labute approximate surface area is 64.6 Å². The lowest BCUT2D eigenvalue weighted by Crippen LogP contribution is -1.90. The highest BCUT2D eigenvalue weighted by molar-refractivity contribution is 5.26. The van der Waals surface area contributed by atoms with Crippen LogP contribution < -0.4 is 0 Å². The molecule has 3 heteroatoms. The van der Waals surface area contributed by atoms with E-state index in [1.807, 2.05) is 12.2 Å². The lowest BCUT2D eigenvalue weighted by atomic mass is 10.3. The van der Waals surface area contributed by atoms with Gasteiger partial charge in [-0.05, 0) is 18.2 Å². The number of fused-ring (bicyclic) bond motifs is 1. The highest BCUT2D eigenvalue weighted by Gasteiger charge is 2.15. The molecule has 0 N–H and O–H groups in total. The van der Waals surface area contributed by atoms with Crippen molar-refractivity contribution in [3.05, 3.63) is 36.0 Å². The molecule has 58 valence electrons. The standard InChI is InChI=1S/C8H8O3/c1-2-7-8(11-6-10-7)3-5-9-4-1/h1-4H,5-6H2. The fraction of sp³-hybridized carbons (Fsp3) is 0.250. The summed E-state index contributed by atoms with van der Waals surface area (Å²) < 4.78 is 15.4. The molecule has 2 aliphatic heterocycles. The van der Waals surface area contributed by atoms with E-state index in [0.29, 0.717) is 13.4 Å². The zero-order chi connectivity index (χ0) is 7.52. The molecule has 0 amide bonds. The number of hydrogen-bond acceptors (Lipinski definition) is 3. The second-order valence-corrected chi connectivity index (χ2v) is 2.17. The smallest absolute Gasteiger partial charge is 0.231 e. The maximum Gasteiger partial charge on any atom is 0.231 e. The minimum Gasteiger partial charge on any atom is -0.497 e. The quantitative estimate of drug-likeness (QED) is 0.523. The highest BCUT2D eigenvalue weighted by Crippen LogP contribution is 2.21. The number of hydrogen-bond donors (Lipinski definition) is 0. The van der Waals surface area contributed by atoms with Crippen LogP contribution >= 0.6 is 0 Å². The van der Waals surface area contributed by atoms with Crippen molar-refractivity contribution in [2.45, 2.75) is 0 Å². The van der Waals surface area contributed by atoms with Crippen LogP contribution in [0, 0.1) is 0 Å². The van der Waals surface area contributed by atoms with Crippen molar-refractivity contribution in [3.63, 3.8) is 0 Å². The van der Waals surface area contributed by atoms with Gasteiger partial charge in [0.2, 0.25) is 6.79 Å². The monoisotopic (exact) mass is 152 g/mol. The summed E-state index contributed by atoms with van der Waals surface area (Å²) in [4.78, 5) is 0. The maximum atomic E-state index is 5.16. The lowest BCUT2D eigenvalue weighted by molar-refractivity contribution is 0.0972. The van der Waals surface area contributed by atoms with E-state index >= 15 is 0 Å². The Morgan fingerprint density at radius 1 is 1.18 bits per heavy atom. The Kier molecular flexibility index (Phi) is 1.55. The number of allylic oxidation sites excluding steroid dienone is 2. The van der Waals surface area contributed by atoms with Crippen LogP contribution in [0.5, 0.6) is 0 Å². The molecule has 2 aliphatic rings. The molecule has 1 fully saturated rings. The van der Waals surface area contributed by atoms with Gasteiger partial charge in [-0.2, -0.15) is 0 Å². The predicted molar refractivity (Wildman–Crippen MR) is 38.3 cm³/mol. The summed E-state index contributed by atoms with van der Waals surface area (Å²) in [5.74, 6) is 1.55. The number of rotatable bonds is 0. The first-order valence-electron chi connectivity index (χ1n) is 3.41. The van der Waals surface area contributed by atoms with Gasteiger partial charge in [0.15, 0.2) is 11.5 Å². The van der Waals surface area contributed by atoms with Crippen molar-refractivity contribution in [2.24, 2.45) is 0 Å². The van der Waals surface area contributed by atoms with E-state index in [1.54, 1.807) is 12.3 Å². The first-order valence-corrected chi connectivity index (χ1v) is 3.41. The first-order chi connectivity index (χ1) is 5.47. The van der Waals surface area contributed by atoms with Crippen LogP contribution in [0.2, 0.25) is 0 Å². The Balaban J connectivity index is 2.28. The van der Waals surface area contributed by atoms with Crippen LogP contribution in [-0.4, -0.2) is 13.4 Å². The lowest BCUT2D eigenvalue weighted by Gasteiger charge is -2.00. The van der Waals surface area contributed by atoms with E-state index in [2.05, 4.69) is 0 Å². The minimum absolute atomic E-state index is 0.311. The highest BCUT2D eigenvalue weighted by atomic mass is 16.7. The second-order valence-electron chi connectivity index (χ2n) is 2.17. The molecular weight excluding hydrogens is 144 g/mol. The van der Waals surface area contributed by atoms with Crippen molar-refractivity contribution >= 4 is 0 Å². The summed E-state index contributed by atoms with van der Waals surface area (Å²) in [6.07, 6.45) is 7.08. The van der Waals surface area contributed by atoms with Crippen LogP contribution in [0.3, 0.4) is 0 Å². The summed E-state index contributed by atoms with van der Waals surface area (Å²) >= 11 is 0. The van der Waals surface area contributed by atoms with Crippen molar-refractivity contribution in [1.82, 2.24) is 0 Å². The largest absolute Gasteiger partial charge is 0.497 e. The van der Waals surface area contributed by atoms with Crippen LogP contribution in [0.15, 0.2) is 36.0 Å². The third-order valence-corrected chi connectivity index (χ3v) is 1.46. The van der Waals surface area contributed by atoms with Crippen LogP contribution in [0.1, 0.15) is 0 Å². The van der Waals surface area contributed by atoms with E-state index in [9.17, 15) is 0 Å². The molecule has 0 aromatic heterocycles. The summed E-state index contributed by atoms with van der Waals surface area (Å²) in [6.45, 7) is 0.845. The minimum atomic E-state index is 0.311. The van der Waals surface area contributed by atoms with Crippen molar-refractivity contribution < 1.29 is 14.2 Å². The van der Waals surface area contributed by atoms with E-state index in [0.717, 1.165) is 11.5 Å². The Morgan fingerprint density at radius 2 is 2.09 bits per heavy atom. The maximum absolute atomic E-state index is 5.16. The normalized spacial score (nSPS) is 21.1. The van der Waals surface area contributed by atoms with Gasteiger partial charge in [0, 0.05) is 0 Å². The van der Waals surface area contributed by atoms with Crippen molar-refractivity contribution in [2.75, 3.05) is 13.4 Å². The zero-order valence-electron chi connectivity index (χ0n) is 5.95. The van der Waals surface area contributed by atoms with Crippen LogP contribution in [0.4, 0.5) is 0 Å². The molecule has 2 rings (SSSR count). The molecule has 0 aliphatic carbocycles. The molecule has 11 heavy (non-hydrogen) atoms. The zero-order valence-corrected chi connectivity index (χ0v) is 5.95. The fourth-order valence-corrected chi connectivity index (χ4v) is 0.950. The molecular formula is C8H8O3. The summed E-state index contributed by atoms with van der Waals surface area (Å²) in [6, 6.07) is 0. The van der Waals surface area contributed by atoms with Crippen LogP contribution in [-0.2, 0) is 14.2 Å². The van der Waals surface area contributed by atoms with E-state index in [1.165, 1.54) is 0 Å². The third kappa shape index (κ3) is 1.22. The van der Waals surface area contributed by atoms with Gasteiger partial charge in [0.05, 0.1) is 6.26 Å². The molecule has 2 heterocycles. The molecule has 0 radical (unpaired) electrons. The van der Waals surface area contributed by atoms with Gasteiger partial charge in [0.1, 0.15) is 6.61 Å². The topological polar surface area (TPSA) is 27.7 Å². The molecule has 0 spiro atoms. The molecule has 0 bridgehead atoms. The van der Waals surface area contributed by atoms with E-state index in [4.69, 9.17) is 14.2 Å². The fourth-order valence-electron chi connectivity index (χ4n) is 0.950. The Hall–Kier alpha value is -1.38. The molecule has 0 aromatic rings. The van der Waals surface area contributed by atoms with Crippen molar-refractivity contribution in [3.8, 4) is 0 Å². The Bertz CT molecular complexity index is 238. The third-order valence-electron chi connectivity index (χ3n) is 1.46. The average molecular weight is 152 g/mol. The first kappa shape index (κ1) is 6.34. The molecule has 1 saturated heterocycles. The Morgan fingerprint density at radius 3 is 3.09 bits per heavy atom. The van der Waals surface area contributed by atoms with Gasteiger partial charge >= 0.3 is 0 Å². The van der Waals surface area contributed by atoms with Gasteiger partial charge in [-0.3, -0.25) is 0 Å². The molecule has 0 saturated carbocycles. The SMILES string of the molecule is C1=COCC=C2OCOC2=C1. The van der Waals surface area contributed by atoms with Crippen LogP contribution in [0.25, 0.3) is 0 Å². The van der Waals surface area contributed by atoms with E-state index < -0.39 is 0 Å².